The molecule has 0 heterocycles. The molecule has 0 aliphatic heterocycles. The second-order valence-corrected chi connectivity index (χ2v) is 7.33. The molecule has 1 aromatic carbocycles. The zero-order valence-electron chi connectivity index (χ0n) is 11.5. The molecule has 0 aromatic heterocycles. The lowest BCUT2D eigenvalue weighted by Gasteiger charge is -2.09. The summed E-state index contributed by atoms with van der Waals surface area (Å²) in [5, 5.41) is 8.56. The van der Waals surface area contributed by atoms with Crippen LogP contribution in [-0.4, -0.2) is 42.8 Å². The maximum atomic E-state index is 11.9. The minimum absolute atomic E-state index is 0.0939. The third kappa shape index (κ3) is 5.98. The average Bonchev–Trinajstić information content (AvgIpc) is 2.44. The summed E-state index contributed by atoms with van der Waals surface area (Å²) in [6.07, 6.45) is -0.406. The minimum Gasteiger partial charge on any atom is -0.460 e. The van der Waals surface area contributed by atoms with Crippen molar-refractivity contribution in [1.29, 1.82) is 0 Å². The Morgan fingerprint density at radius 1 is 1.24 bits per heavy atom. The topological polar surface area (TPSA) is 89.9 Å². The number of ether oxygens (including phenoxy) is 1. The fraction of sp³-hybridized carbons (Fsp3) is 0.385. The second kappa shape index (κ2) is 8.29. The quantitative estimate of drug-likeness (QED) is 0.446. The number of benzene rings is 1. The van der Waals surface area contributed by atoms with Crippen molar-refractivity contribution in [3.8, 4) is 0 Å². The molecule has 0 saturated heterocycles. The van der Waals surface area contributed by atoms with Crippen LogP contribution in [0.5, 0.6) is 0 Å². The Morgan fingerprint density at radius 3 is 2.33 bits per heavy atom. The van der Waals surface area contributed by atoms with E-state index < -0.39 is 24.6 Å². The lowest BCUT2D eigenvalue weighted by atomic mass is 10.1. The molecule has 0 fully saturated rings. The summed E-state index contributed by atoms with van der Waals surface area (Å²) >= 11 is 5.63. The first-order valence-corrected chi connectivity index (χ1v) is 8.95. The predicted molar refractivity (Wildman–Crippen MR) is 78.1 cm³/mol. The third-order valence-corrected chi connectivity index (χ3v) is 4.38. The van der Waals surface area contributed by atoms with Gasteiger partial charge in [-0.15, -0.1) is 0 Å². The number of Topliss-reactive ketones (excluding diaryl/α,β-unsaturated/α-hetero) is 1. The van der Waals surface area contributed by atoms with Crippen molar-refractivity contribution >= 4 is 29.7 Å². The van der Waals surface area contributed by atoms with E-state index in [4.69, 9.17) is 25.6 Å². The molecule has 0 aliphatic carbocycles. The molecule has 0 aliphatic rings. The van der Waals surface area contributed by atoms with Gasteiger partial charge in [0.25, 0.3) is 6.72 Å². The summed E-state index contributed by atoms with van der Waals surface area (Å²) in [5.41, 5.74) is 0.521. The van der Waals surface area contributed by atoms with Crippen LogP contribution >= 0.6 is 18.0 Å². The SMILES string of the molecule is CCOP(=O)(Cl)CC(=O)c1ccc(C(=O)OCCO)cc1. The molecule has 1 atom stereocenters. The first-order valence-electron chi connectivity index (χ1n) is 6.24. The Morgan fingerprint density at radius 2 is 1.81 bits per heavy atom. The van der Waals surface area contributed by atoms with Gasteiger partial charge in [-0.25, -0.2) is 4.79 Å². The van der Waals surface area contributed by atoms with Gasteiger partial charge < -0.3 is 14.4 Å². The summed E-state index contributed by atoms with van der Waals surface area (Å²) in [6.45, 7) is -2.02. The number of aliphatic hydroxyl groups excluding tert-OH is 1. The van der Waals surface area contributed by atoms with E-state index in [2.05, 4.69) is 0 Å². The van der Waals surface area contributed by atoms with Crippen LogP contribution in [-0.2, 0) is 13.8 Å². The molecule has 21 heavy (non-hydrogen) atoms. The van der Waals surface area contributed by atoms with E-state index in [1.807, 2.05) is 0 Å². The van der Waals surface area contributed by atoms with Crippen molar-refractivity contribution in [2.75, 3.05) is 26.0 Å². The van der Waals surface area contributed by atoms with E-state index >= 15 is 0 Å². The van der Waals surface area contributed by atoms with Crippen LogP contribution in [0.4, 0.5) is 0 Å². The second-order valence-electron chi connectivity index (χ2n) is 4.03. The van der Waals surface area contributed by atoms with Crippen molar-refractivity contribution in [3.05, 3.63) is 35.4 Å². The smallest absolute Gasteiger partial charge is 0.338 e. The van der Waals surface area contributed by atoms with Crippen LogP contribution in [0.25, 0.3) is 0 Å². The van der Waals surface area contributed by atoms with Crippen LogP contribution in [0.15, 0.2) is 24.3 Å². The molecular weight excluding hydrogens is 319 g/mol. The minimum atomic E-state index is -3.46. The zero-order chi connectivity index (χ0) is 15.9. The van der Waals surface area contributed by atoms with Gasteiger partial charge in [-0.05, 0) is 30.3 Å². The number of esters is 1. The van der Waals surface area contributed by atoms with Gasteiger partial charge in [0, 0.05) is 5.56 Å². The summed E-state index contributed by atoms with van der Waals surface area (Å²) in [6, 6.07) is 5.65. The molecule has 1 aromatic rings. The molecule has 0 amide bonds. The van der Waals surface area contributed by atoms with Gasteiger partial charge in [0.1, 0.15) is 12.8 Å². The fourth-order valence-corrected chi connectivity index (χ4v) is 3.14. The van der Waals surface area contributed by atoms with Crippen molar-refractivity contribution < 1.29 is 28.5 Å². The van der Waals surface area contributed by atoms with E-state index in [1.165, 1.54) is 24.3 Å². The molecule has 116 valence electrons. The van der Waals surface area contributed by atoms with Crippen LogP contribution in [0, 0.1) is 0 Å². The van der Waals surface area contributed by atoms with Gasteiger partial charge in [0.15, 0.2) is 5.78 Å². The molecule has 6 nitrogen and oxygen atoms in total. The maximum absolute atomic E-state index is 11.9. The number of aliphatic hydroxyl groups is 1. The van der Waals surface area contributed by atoms with E-state index in [0.717, 1.165) is 0 Å². The standard InChI is InChI=1S/C13H16ClO6P/c1-2-20-21(14,18)9-12(16)10-3-5-11(6-4-10)13(17)19-8-7-15/h3-6,15H,2,7-9H2,1H3. The molecule has 1 N–H and O–H groups in total. The molecular formula is C13H16ClO6P. The van der Waals surface area contributed by atoms with Crippen LogP contribution in [0.1, 0.15) is 27.6 Å². The highest BCUT2D eigenvalue weighted by molar-refractivity contribution is 7.86. The number of hydrogen-bond donors (Lipinski definition) is 1. The molecule has 0 spiro atoms. The van der Waals surface area contributed by atoms with Crippen LogP contribution in [0.3, 0.4) is 0 Å². The fourth-order valence-electron chi connectivity index (χ4n) is 1.52. The van der Waals surface area contributed by atoms with Crippen LogP contribution < -0.4 is 0 Å². The van der Waals surface area contributed by atoms with Crippen molar-refractivity contribution in [2.45, 2.75) is 6.92 Å². The average molecular weight is 335 g/mol. The van der Waals surface area contributed by atoms with E-state index in [9.17, 15) is 14.2 Å². The Hall–Kier alpha value is -1.20. The molecule has 0 radical (unpaired) electrons. The van der Waals surface area contributed by atoms with Crippen molar-refractivity contribution in [3.63, 3.8) is 0 Å². The molecule has 1 rings (SSSR count). The van der Waals surface area contributed by atoms with E-state index in [-0.39, 0.29) is 30.9 Å². The highest BCUT2D eigenvalue weighted by Crippen LogP contribution is 2.52. The summed E-state index contributed by atoms with van der Waals surface area (Å²) in [7, 11) is 0. The lowest BCUT2D eigenvalue weighted by Crippen LogP contribution is -2.10. The van der Waals surface area contributed by atoms with Crippen molar-refractivity contribution in [1.82, 2.24) is 0 Å². The number of carbonyl (C=O) groups is 2. The molecule has 0 saturated carbocycles. The zero-order valence-corrected chi connectivity index (χ0v) is 13.1. The Labute approximate surface area is 127 Å². The number of carbonyl (C=O) groups excluding carboxylic acids is 2. The van der Waals surface area contributed by atoms with Gasteiger partial charge in [-0.2, -0.15) is 0 Å². The Kier molecular flexibility index (Phi) is 7.05. The maximum Gasteiger partial charge on any atom is 0.338 e. The Bertz CT molecular complexity index is 542. The lowest BCUT2D eigenvalue weighted by molar-refractivity contribution is 0.0433. The van der Waals surface area contributed by atoms with Crippen molar-refractivity contribution in [2.24, 2.45) is 0 Å². The monoisotopic (exact) mass is 334 g/mol. The van der Waals surface area contributed by atoms with Gasteiger partial charge in [-0.3, -0.25) is 9.36 Å². The van der Waals surface area contributed by atoms with E-state index in [1.54, 1.807) is 6.92 Å². The van der Waals surface area contributed by atoms with Gasteiger partial charge in [0.2, 0.25) is 0 Å². The molecule has 8 heteroatoms. The molecule has 1 unspecified atom stereocenters. The first-order chi connectivity index (χ1) is 9.89. The first kappa shape index (κ1) is 17.9. The largest absolute Gasteiger partial charge is 0.460 e. The third-order valence-electron chi connectivity index (χ3n) is 2.42. The van der Waals surface area contributed by atoms with Crippen LogP contribution in [0.2, 0.25) is 0 Å². The summed E-state index contributed by atoms with van der Waals surface area (Å²) in [4.78, 5) is 23.4. The number of hydrogen-bond acceptors (Lipinski definition) is 6. The summed E-state index contributed by atoms with van der Waals surface area (Å²) < 4.78 is 21.3. The number of ketones is 1. The predicted octanol–water partition coefficient (Wildman–Crippen LogP) is 2.49. The Balaban J connectivity index is 2.71. The number of rotatable bonds is 8. The summed E-state index contributed by atoms with van der Waals surface area (Å²) in [5.74, 6) is -1.03. The van der Waals surface area contributed by atoms with Gasteiger partial charge in [-0.1, -0.05) is 12.1 Å². The van der Waals surface area contributed by atoms with E-state index in [0.29, 0.717) is 0 Å². The van der Waals surface area contributed by atoms with Gasteiger partial charge in [0.05, 0.1) is 18.8 Å². The molecule has 0 bridgehead atoms. The highest BCUT2D eigenvalue weighted by atomic mass is 35.7. The number of halogens is 1. The highest BCUT2D eigenvalue weighted by Gasteiger charge is 2.24. The van der Waals surface area contributed by atoms with Gasteiger partial charge >= 0.3 is 5.97 Å². The normalized spacial score (nSPS) is 13.5.